The van der Waals surface area contributed by atoms with E-state index < -0.39 is 11.8 Å². The third kappa shape index (κ3) is 1610. The molecular weight excluding hydrogens is 143 g/mol. The molecule has 0 aromatic rings. The van der Waals surface area contributed by atoms with Crippen molar-refractivity contribution in [1.82, 2.24) is 0 Å². The van der Waals surface area contributed by atoms with Crippen LogP contribution in [0.3, 0.4) is 0 Å². The molecule has 0 heterocycles. The molecule has 0 bridgehead atoms. The summed E-state index contributed by atoms with van der Waals surface area (Å²) in [6.45, 7) is 0. The standard InChI is InChI=1S/Co.6H2N/h;6*1H2/q+6;6*-1. The van der Waals surface area contributed by atoms with E-state index in [9.17, 15) is 0 Å². The maximum atomic E-state index is 4.86. The topological polar surface area (TPSA) is 156 Å². The molecule has 12 N–H and O–H groups in total. The molecule has 0 aliphatic carbocycles. The molecule has 7 heavy (non-hydrogen) atoms. The van der Waals surface area contributed by atoms with Crippen LogP contribution < -0.4 is 28.7 Å². The average Bonchev–Trinajstić information content (AvgIpc) is 0.592. The Labute approximate surface area is 41.3 Å². The summed E-state index contributed by atoms with van der Waals surface area (Å²) >= 11 is -4.65. The Balaban J connectivity index is 4.43. The molecule has 0 aromatic carbocycles. The van der Waals surface area contributed by atoms with E-state index in [1.54, 1.807) is 0 Å². The molecule has 0 saturated heterocycles. The van der Waals surface area contributed by atoms with Crippen LogP contribution in [-0.2, 0) is 11.8 Å². The monoisotopic (exact) mass is 155 g/mol. The van der Waals surface area contributed by atoms with Crippen LogP contribution in [0.25, 0.3) is 0 Å². The Kier molecular flexibility index (Phi) is 0.774. The van der Waals surface area contributed by atoms with Gasteiger partial charge in [0, 0.05) is 0 Å². The van der Waals surface area contributed by atoms with Gasteiger partial charge >= 0.3 is 40.5 Å². The van der Waals surface area contributed by atoms with Gasteiger partial charge in [-0.3, -0.25) is 0 Å². The summed E-state index contributed by atoms with van der Waals surface area (Å²) in [5.41, 5.74) is 0. The molecule has 7 heteroatoms. The average molecular weight is 155 g/mol. The van der Waals surface area contributed by atoms with Gasteiger partial charge in [-0.2, -0.15) is 0 Å². The Bertz CT molecular complexity index is 62.7. The van der Waals surface area contributed by atoms with Gasteiger partial charge in [0.15, 0.2) is 0 Å². The Morgan fingerprint density at radius 2 is 0.571 bits per heavy atom. The summed E-state index contributed by atoms with van der Waals surface area (Å²) in [5.74, 6) is 0. The number of nitrogens with two attached hydrogens (primary N) is 6. The van der Waals surface area contributed by atoms with E-state index in [-0.39, 0.29) is 0 Å². The van der Waals surface area contributed by atoms with Crippen LogP contribution in [0.4, 0.5) is 0 Å². The minimum absolute atomic E-state index is 4.65. The fourth-order valence-corrected chi connectivity index (χ4v) is 0. The second-order valence-electron chi connectivity index (χ2n) is 1.67. The van der Waals surface area contributed by atoms with Crippen LogP contribution in [-0.4, -0.2) is 0 Å². The summed E-state index contributed by atoms with van der Waals surface area (Å²) in [4.78, 5) is 29.2. The van der Waals surface area contributed by atoms with Crippen LogP contribution in [0.2, 0.25) is 0 Å². The second kappa shape index (κ2) is 0.746. The third-order valence-electron chi connectivity index (χ3n) is 0. The zero-order chi connectivity index (χ0) is 6.41. The normalized spacial score (nSPS) is 23.1. The molecule has 6 nitrogen and oxygen atoms in total. The molecule has 0 fully saturated rings. The predicted molar refractivity (Wildman–Crippen MR) is 25.1 cm³/mol. The molecule has 0 saturated carbocycles. The molecule has 0 unspecified atom stereocenters. The molecule has 0 aliphatic heterocycles. The van der Waals surface area contributed by atoms with Crippen LogP contribution in [0.15, 0.2) is 0 Å². The van der Waals surface area contributed by atoms with E-state index >= 15 is 0 Å². The van der Waals surface area contributed by atoms with Gasteiger partial charge in [-0.1, -0.05) is 0 Å². The number of hydrogen-bond acceptors (Lipinski definition) is 6. The van der Waals surface area contributed by atoms with Crippen molar-refractivity contribution in [2.45, 2.75) is 0 Å². The van der Waals surface area contributed by atoms with Gasteiger partial charge in [-0.15, -0.1) is 0 Å². The molecule has 0 atom stereocenters. The Hall–Kier alpha value is 0.266. The van der Waals surface area contributed by atoms with Crippen LogP contribution in [0, 0.1) is 0 Å². The van der Waals surface area contributed by atoms with Crippen molar-refractivity contribution in [2.75, 3.05) is 0 Å². The summed E-state index contributed by atoms with van der Waals surface area (Å²) < 4.78 is 0. The third-order valence-corrected chi connectivity index (χ3v) is 0. The van der Waals surface area contributed by atoms with Crippen molar-refractivity contribution < 1.29 is 11.8 Å². The first-order valence-corrected chi connectivity index (χ1v) is 4.76. The van der Waals surface area contributed by atoms with Crippen LogP contribution in [0.1, 0.15) is 0 Å². The summed E-state index contributed by atoms with van der Waals surface area (Å²) in [5, 5.41) is 0. The van der Waals surface area contributed by atoms with E-state index in [1.165, 1.54) is 0 Å². The first-order valence-electron chi connectivity index (χ1n) is 1.15. The Morgan fingerprint density at radius 1 is 0.571 bits per heavy atom. The Morgan fingerprint density at radius 3 is 0.571 bits per heavy atom. The van der Waals surface area contributed by atoms with Crippen molar-refractivity contribution in [3.63, 3.8) is 0 Å². The quantitative estimate of drug-likeness (QED) is 0.212. The van der Waals surface area contributed by atoms with E-state index in [2.05, 4.69) is 0 Å². The SMILES string of the molecule is [NH2][Co]([NH2])([NH2])([NH2])([NH2])[NH2]. The summed E-state index contributed by atoms with van der Waals surface area (Å²) in [7, 11) is 0. The van der Waals surface area contributed by atoms with E-state index in [4.69, 9.17) is 28.7 Å². The molecule has 51 valence electrons. The predicted octanol–water partition coefficient (Wildman–Crippen LogP) is -3.55. The molecule has 0 radical (unpaired) electrons. The van der Waals surface area contributed by atoms with Gasteiger partial charge < -0.3 is 0 Å². The van der Waals surface area contributed by atoms with Crippen LogP contribution in [0.5, 0.6) is 0 Å². The fraction of sp³-hybridized carbons (Fsp3) is 0. The van der Waals surface area contributed by atoms with E-state index in [1.807, 2.05) is 0 Å². The van der Waals surface area contributed by atoms with Crippen molar-refractivity contribution in [1.29, 1.82) is 0 Å². The van der Waals surface area contributed by atoms with Gasteiger partial charge in [-0.25, -0.2) is 0 Å². The van der Waals surface area contributed by atoms with Gasteiger partial charge in [0.2, 0.25) is 0 Å². The molecular formula is H12CoN6. The molecule has 0 spiro atoms. The molecule has 0 amide bonds. The van der Waals surface area contributed by atoms with Crippen molar-refractivity contribution in [3.05, 3.63) is 0 Å². The summed E-state index contributed by atoms with van der Waals surface area (Å²) in [6, 6.07) is 0. The number of hydrogen-bond donors (Lipinski definition) is 6. The first kappa shape index (κ1) is 7.27. The van der Waals surface area contributed by atoms with Gasteiger partial charge in [0.1, 0.15) is 0 Å². The maximum absolute atomic E-state index is 4.86. The van der Waals surface area contributed by atoms with Crippen molar-refractivity contribution in [2.24, 2.45) is 28.7 Å². The van der Waals surface area contributed by atoms with Gasteiger partial charge in [-0.05, 0) is 0 Å². The zero-order valence-electron chi connectivity index (χ0n) is 3.80. The van der Waals surface area contributed by atoms with E-state index in [0.29, 0.717) is 0 Å². The number of rotatable bonds is 0. The van der Waals surface area contributed by atoms with Crippen molar-refractivity contribution >= 4 is 0 Å². The van der Waals surface area contributed by atoms with E-state index in [0.717, 1.165) is 0 Å². The van der Waals surface area contributed by atoms with Crippen molar-refractivity contribution in [3.8, 4) is 0 Å². The summed E-state index contributed by atoms with van der Waals surface area (Å²) in [6.07, 6.45) is 0. The fourth-order valence-electron chi connectivity index (χ4n) is 0. The zero-order valence-corrected chi connectivity index (χ0v) is 4.84. The molecule has 0 aromatic heterocycles. The van der Waals surface area contributed by atoms with Crippen LogP contribution >= 0.6 is 0 Å². The van der Waals surface area contributed by atoms with Gasteiger partial charge in [0.25, 0.3) is 0 Å². The molecule has 0 aliphatic rings. The first-order chi connectivity index (χ1) is 2.45. The second-order valence-corrected chi connectivity index (χ2v) is 6.87. The van der Waals surface area contributed by atoms with Gasteiger partial charge in [0.05, 0.1) is 0 Å². The minimum atomic E-state index is -4.65. The molecule has 0 rings (SSSR count).